The molecule has 0 N–H and O–H groups in total. The molecule has 1 fully saturated rings. The van der Waals surface area contributed by atoms with Gasteiger partial charge in [-0.3, -0.25) is 9.67 Å². The molecular formula is C21H20N8O2S. The van der Waals surface area contributed by atoms with Gasteiger partial charge in [-0.05, 0) is 23.8 Å². The average molecular weight is 449 g/mol. The first kappa shape index (κ1) is 20.3. The third-order valence-electron chi connectivity index (χ3n) is 5.77. The van der Waals surface area contributed by atoms with Crippen molar-refractivity contribution < 1.29 is 8.42 Å². The van der Waals surface area contributed by atoms with Crippen molar-refractivity contribution in [3.05, 3.63) is 49.1 Å². The zero-order chi connectivity index (χ0) is 22.5. The standard InChI is InChI=1S/C21H20N8O2S/c1-27-12-16(10-24-27)15-8-18(17-4-3-7-23-19(17)9-15)20-11-25-29(26-20)21(5-6-22)13-28(14-21)32(2,30)31/h3-4,7-12H,5,13-14H2,1-2H3. The molecular weight excluding hydrogens is 428 g/mol. The van der Waals surface area contributed by atoms with Crippen LogP contribution in [0.2, 0.25) is 0 Å². The minimum Gasteiger partial charge on any atom is -0.275 e. The van der Waals surface area contributed by atoms with Gasteiger partial charge in [0.2, 0.25) is 10.0 Å². The Morgan fingerprint density at radius 3 is 2.69 bits per heavy atom. The summed E-state index contributed by atoms with van der Waals surface area (Å²) < 4.78 is 26.8. The molecule has 3 aromatic heterocycles. The predicted molar refractivity (Wildman–Crippen MR) is 118 cm³/mol. The van der Waals surface area contributed by atoms with Crippen molar-refractivity contribution in [1.82, 2.24) is 34.1 Å². The van der Waals surface area contributed by atoms with E-state index in [4.69, 9.17) is 0 Å². The van der Waals surface area contributed by atoms with Gasteiger partial charge in [-0.25, -0.2) is 8.42 Å². The van der Waals surface area contributed by atoms with E-state index in [9.17, 15) is 13.7 Å². The lowest BCUT2D eigenvalue weighted by atomic mass is 9.90. The molecule has 0 spiro atoms. The lowest BCUT2D eigenvalue weighted by molar-refractivity contribution is 0.0579. The summed E-state index contributed by atoms with van der Waals surface area (Å²) in [6, 6.07) is 10.0. The molecule has 4 aromatic rings. The molecule has 0 saturated carbocycles. The maximum atomic E-state index is 11.9. The first-order chi connectivity index (χ1) is 15.3. The first-order valence-corrected chi connectivity index (χ1v) is 11.8. The number of fused-ring (bicyclic) bond motifs is 1. The normalized spacial score (nSPS) is 16.0. The van der Waals surface area contributed by atoms with Gasteiger partial charge >= 0.3 is 0 Å². The van der Waals surface area contributed by atoms with E-state index in [0.29, 0.717) is 5.69 Å². The fourth-order valence-electron chi connectivity index (χ4n) is 4.05. The summed E-state index contributed by atoms with van der Waals surface area (Å²) in [5.74, 6) is 0. The molecule has 10 nitrogen and oxygen atoms in total. The third kappa shape index (κ3) is 3.34. The fourth-order valence-corrected chi connectivity index (χ4v) is 5.00. The molecule has 1 aliphatic rings. The van der Waals surface area contributed by atoms with Crippen LogP contribution < -0.4 is 0 Å². The molecule has 0 bridgehead atoms. The Morgan fingerprint density at radius 1 is 1.19 bits per heavy atom. The smallest absolute Gasteiger partial charge is 0.211 e. The van der Waals surface area contributed by atoms with Gasteiger partial charge in [-0.15, -0.1) is 0 Å². The fraction of sp³-hybridized carbons (Fsp3) is 0.286. The summed E-state index contributed by atoms with van der Waals surface area (Å²) in [6.07, 6.45) is 8.39. The van der Waals surface area contributed by atoms with E-state index in [0.717, 1.165) is 33.8 Å². The van der Waals surface area contributed by atoms with E-state index in [1.807, 2.05) is 37.5 Å². The second kappa shape index (κ2) is 7.22. The summed E-state index contributed by atoms with van der Waals surface area (Å²) >= 11 is 0. The lowest BCUT2D eigenvalue weighted by Gasteiger charge is -2.46. The number of nitriles is 1. The van der Waals surface area contributed by atoms with Crippen molar-refractivity contribution in [3.8, 4) is 28.5 Å². The molecule has 32 heavy (non-hydrogen) atoms. The van der Waals surface area contributed by atoms with Crippen molar-refractivity contribution in [1.29, 1.82) is 5.26 Å². The van der Waals surface area contributed by atoms with Crippen LogP contribution in [-0.4, -0.2) is 61.8 Å². The zero-order valence-electron chi connectivity index (χ0n) is 17.5. The number of nitrogens with zero attached hydrogens (tertiary/aromatic N) is 8. The summed E-state index contributed by atoms with van der Waals surface area (Å²) in [4.78, 5) is 6.00. The van der Waals surface area contributed by atoms with Gasteiger partial charge in [-0.1, -0.05) is 6.07 Å². The van der Waals surface area contributed by atoms with Gasteiger partial charge in [0.05, 0.1) is 36.7 Å². The maximum absolute atomic E-state index is 11.9. The molecule has 0 atom stereocenters. The SMILES string of the molecule is Cn1cc(-c2cc(-c3cnn(C4(CC#N)CN(S(C)(=O)=O)C4)n3)c3cccnc3c2)cn1. The number of rotatable bonds is 5. The largest absolute Gasteiger partial charge is 0.275 e. The van der Waals surface area contributed by atoms with Crippen molar-refractivity contribution in [2.75, 3.05) is 19.3 Å². The van der Waals surface area contributed by atoms with Gasteiger partial charge in [0.1, 0.15) is 11.2 Å². The number of hydrogen-bond acceptors (Lipinski definition) is 7. The van der Waals surface area contributed by atoms with E-state index >= 15 is 0 Å². The summed E-state index contributed by atoms with van der Waals surface area (Å²) in [5.41, 5.74) is 3.43. The summed E-state index contributed by atoms with van der Waals surface area (Å²) in [7, 11) is -1.47. The van der Waals surface area contributed by atoms with Crippen LogP contribution in [0.25, 0.3) is 33.3 Å². The second-order valence-electron chi connectivity index (χ2n) is 8.11. The van der Waals surface area contributed by atoms with E-state index in [1.165, 1.54) is 9.10 Å². The van der Waals surface area contributed by atoms with E-state index < -0.39 is 15.6 Å². The second-order valence-corrected chi connectivity index (χ2v) is 10.1. The molecule has 162 valence electrons. The summed E-state index contributed by atoms with van der Waals surface area (Å²) in [5, 5.41) is 23.6. The zero-order valence-corrected chi connectivity index (χ0v) is 18.4. The molecule has 5 rings (SSSR count). The van der Waals surface area contributed by atoms with Gasteiger partial charge in [0, 0.05) is 49.0 Å². The van der Waals surface area contributed by atoms with Crippen molar-refractivity contribution >= 4 is 20.9 Å². The number of hydrogen-bond donors (Lipinski definition) is 0. The highest BCUT2D eigenvalue weighted by molar-refractivity contribution is 7.88. The molecule has 0 aliphatic carbocycles. The molecule has 1 saturated heterocycles. The molecule has 0 unspecified atom stereocenters. The van der Waals surface area contributed by atoms with Crippen molar-refractivity contribution in [2.45, 2.75) is 12.0 Å². The number of benzene rings is 1. The Bertz CT molecular complexity index is 1470. The van der Waals surface area contributed by atoms with Gasteiger partial charge in [0.15, 0.2) is 0 Å². The Morgan fingerprint density at radius 2 is 2.00 bits per heavy atom. The first-order valence-electron chi connectivity index (χ1n) is 9.92. The van der Waals surface area contributed by atoms with Crippen LogP contribution in [0.1, 0.15) is 6.42 Å². The van der Waals surface area contributed by atoms with E-state index in [1.54, 1.807) is 23.3 Å². The Labute approximate surface area is 184 Å². The molecule has 4 heterocycles. The van der Waals surface area contributed by atoms with Crippen LogP contribution in [0.4, 0.5) is 0 Å². The van der Waals surface area contributed by atoms with Crippen LogP contribution >= 0.6 is 0 Å². The topological polar surface area (TPSA) is 123 Å². The Hall–Kier alpha value is -3.62. The third-order valence-corrected chi connectivity index (χ3v) is 6.97. The monoisotopic (exact) mass is 448 g/mol. The number of pyridine rings is 1. The maximum Gasteiger partial charge on any atom is 0.211 e. The Balaban J connectivity index is 1.59. The van der Waals surface area contributed by atoms with Crippen LogP contribution in [0.5, 0.6) is 0 Å². The summed E-state index contributed by atoms with van der Waals surface area (Å²) in [6.45, 7) is 0.344. The molecule has 11 heteroatoms. The minimum atomic E-state index is -3.33. The number of aromatic nitrogens is 6. The van der Waals surface area contributed by atoms with Gasteiger partial charge in [-0.2, -0.15) is 29.7 Å². The highest BCUT2D eigenvalue weighted by Crippen LogP contribution is 2.36. The van der Waals surface area contributed by atoms with Crippen LogP contribution in [0.15, 0.2) is 49.1 Å². The molecule has 0 radical (unpaired) electrons. The van der Waals surface area contributed by atoms with Crippen LogP contribution in [0, 0.1) is 11.3 Å². The number of sulfonamides is 1. The molecule has 1 aromatic carbocycles. The Kier molecular flexibility index (Phi) is 4.58. The highest BCUT2D eigenvalue weighted by Gasteiger charge is 2.50. The molecule has 0 amide bonds. The highest BCUT2D eigenvalue weighted by atomic mass is 32.2. The number of aryl methyl sites for hydroxylation is 1. The van der Waals surface area contributed by atoms with Crippen molar-refractivity contribution in [2.24, 2.45) is 7.05 Å². The van der Waals surface area contributed by atoms with E-state index in [-0.39, 0.29) is 19.5 Å². The van der Waals surface area contributed by atoms with Crippen LogP contribution in [0.3, 0.4) is 0 Å². The van der Waals surface area contributed by atoms with Gasteiger partial charge < -0.3 is 0 Å². The minimum absolute atomic E-state index is 0.116. The van der Waals surface area contributed by atoms with Crippen LogP contribution in [-0.2, 0) is 22.6 Å². The van der Waals surface area contributed by atoms with Crippen molar-refractivity contribution in [3.63, 3.8) is 0 Å². The lowest BCUT2D eigenvalue weighted by Crippen LogP contribution is -2.64. The average Bonchev–Trinajstić information content (AvgIpc) is 3.38. The van der Waals surface area contributed by atoms with Gasteiger partial charge in [0.25, 0.3) is 0 Å². The quantitative estimate of drug-likeness (QED) is 0.456. The molecule has 1 aliphatic heterocycles. The van der Waals surface area contributed by atoms with E-state index in [2.05, 4.69) is 26.3 Å². The predicted octanol–water partition coefficient (Wildman–Crippen LogP) is 1.78.